The molecule has 0 saturated carbocycles. The van der Waals surface area contributed by atoms with E-state index in [0.717, 1.165) is 35.7 Å². The van der Waals surface area contributed by atoms with Gasteiger partial charge in [0.05, 0.1) is 18.3 Å². The van der Waals surface area contributed by atoms with Gasteiger partial charge in [0.25, 0.3) is 0 Å². The van der Waals surface area contributed by atoms with Crippen LogP contribution in [-0.4, -0.2) is 28.8 Å². The molecule has 0 saturated heterocycles. The molecule has 3 aromatic rings. The van der Waals surface area contributed by atoms with Gasteiger partial charge in [0.2, 0.25) is 5.91 Å². The Hall–Kier alpha value is -3.08. The smallest absolute Gasteiger partial charge is 0.228 e. The van der Waals surface area contributed by atoms with Gasteiger partial charge in [0.1, 0.15) is 0 Å². The van der Waals surface area contributed by atoms with Gasteiger partial charge >= 0.3 is 0 Å². The molecular formula is C21H24N4O. The van der Waals surface area contributed by atoms with Crippen LogP contribution in [0.1, 0.15) is 19.4 Å². The first kappa shape index (κ1) is 17.7. The molecule has 3 rings (SSSR count). The van der Waals surface area contributed by atoms with Crippen molar-refractivity contribution in [2.75, 3.05) is 23.3 Å². The third-order valence-electron chi connectivity index (χ3n) is 4.30. The number of aromatic nitrogens is 2. The summed E-state index contributed by atoms with van der Waals surface area (Å²) in [5.74, 6) is -0.0480. The number of hydrogen-bond acceptors (Lipinski definition) is 3. The van der Waals surface area contributed by atoms with Gasteiger partial charge in [0.15, 0.2) is 0 Å². The topological polar surface area (TPSA) is 50.2 Å². The normalized spacial score (nSPS) is 10.5. The van der Waals surface area contributed by atoms with E-state index in [2.05, 4.69) is 29.2 Å². The molecule has 1 amide bonds. The lowest BCUT2D eigenvalue weighted by Gasteiger charge is -2.21. The van der Waals surface area contributed by atoms with Crippen molar-refractivity contribution >= 4 is 17.3 Å². The van der Waals surface area contributed by atoms with E-state index in [4.69, 9.17) is 0 Å². The predicted molar refractivity (Wildman–Crippen MR) is 106 cm³/mol. The molecule has 0 aliphatic heterocycles. The number of carbonyl (C=O) groups excluding carboxylic acids is 1. The second kappa shape index (κ2) is 8.34. The number of amides is 1. The molecular weight excluding hydrogens is 324 g/mol. The van der Waals surface area contributed by atoms with E-state index in [9.17, 15) is 4.79 Å². The van der Waals surface area contributed by atoms with Crippen molar-refractivity contribution in [3.8, 4) is 5.69 Å². The molecule has 0 spiro atoms. The fraction of sp³-hybridized carbons (Fsp3) is 0.238. The SMILES string of the molecule is CCN(CC)c1ccc(NC(=O)Cc2cnn(-c3ccccc3)c2)cc1. The number of nitrogens with zero attached hydrogens (tertiary/aromatic N) is 3. The van der Waals surface area contributed by atoms with Gasteiger partial charge < -0.3 is 10.2 Å². The van der Waals surface area contributed by atoms with Gasteiger partial charge in [-0.2, -0.15) is 5.10 Å². The van der Waals surface area contributed by atoms with E-state index in [1.807, 2.05) is 60.8 Å². The van der Waals surface area contributed by atoms with Gasteiger partial charge in [-0.3, -0.25) is 4.79 Å². The molecule has 0 radical (unpaired) electrons. The fourth-order valence-corrected chi connectivity index (χ4v) is 2.91. The summed E-state index contributed by atoms with van der Waals surface area (Å²) in [6.45, 7) is 6.20. The van der Waals surface area contributed by atoms with Crippen molar-refractivity contribution in [1.29, 1.82) is 0 Å². The molecule has 1 heterocycles. The maximum atomic E-state index is 12.3. The number of benzene rings is 2. The Morgan fingerprint density at radius 2 is 1.73 bits per heavy atom. The van der Waals surface area contributed by atoms with Crippen molar-refractivity contribution in [3.63, 3.8) is 0 Å². The van der Waals surface area contributed by atoms with Crippen LogP contribution in [0.4, 0.5) is 11.4 Å². The van der Waals surface area contributed by atoms with Crippen LogP contribution in [0.15, 0.2) is 67.0 Å². The zero-order valence-electron chi connectivity index (χ0n) is 15.2. The largest absolute Gasteiger partial charge is 0.372 e. The Morgan fingerprint density at radius 1 is 1.04 bits per heavy atom. The van der Waals surface area contributed by atoms with Crippen molar-refractivity contribution in [1.82, 2.24) is 9.78 Å². The van der Waals surface area contributed by atoms with Crippen LogP contribution in [0.25, 0.3) is 5.69 Å². The van der Waals surface area contributed by atoms with Crippen LogP contribution in [0, 0.1) is 0 Å². The summed E-state index contributed by atoms with van der Waals surface area (Å²) in [6, 6.07) is 17.8. The van der Waals surface area contributed by atoms with Crippen molar-refractivity contribution in [2.45, 2.75) is 20.3 Å². The first-order chi connectivity index (χ1) is 12.7. The predicted octanol–water partition coefficient (Wildman–Crippen LogP) is 3.90. The van der Waals surface area contributed by atoms with Crippen LogP contribution in [0.2, 0.25) is 0 Å². The average molecular weight is 348 g/mol. The minimum atomic E-state index is -0.0480. The molecule has 1 N–H and O–H groups in total. The summed E-state index contributed by atoms with van der Waals surface area (Å²) < 4.78 is 1.78. The monoisotopic (exact) mass is 348 g/mol. The molecule has 0 unspecified atom stereocenters. The van der Waals surface area contributed by atoms with Crippen LogP contribution < -0.4 is 10.2 Å². The van der Waals surface area contributed by atoms with E-state index < -0.39 is 0 Å². The molecule has 134 valence electrons. The Kier molecular flexibility index (Phi) is 5.69. The molecule has 5 nitrogen and oxygen atoms in total. The Balaban J connectivity index is 1.60. The highest BCUT2D eigenvalue weighted by atomic mass is 16.1. The van der Waals surface area contributed by atoms with Gasteiger partial charge in [-0.25, -0.2) is 4.68 Å². The summed E-state index contributed by atoms with van der Waals surface area (Å²) in [5, 5.41) is 7.27. The van der Waals surface area contributed by atoms with E-state index in [0.29, 0.717) is 6.42 Å². The van der Waals surface area contributed by atoms with Gasteiger partial charge in [-0.1, -0.05) is 18.2 Å². The van der Waals surface area contributed by atoms with Crippen LogP contribution in [0.3, 0.4) is 0 Å². The molecule has 0 aliphatic carbocycles. The van der Waals surface area contributed by atoms with E-state index >= 15 is 0 Å². The molecule has 0 bridgehead atoms. The highest BCUT2D eigenvalue weighted by Gasteiger charge is 2.08. The lowest BCUT2D eigenvalue weighted by Crippen LogP contribution is -2.21. The summed E-state index contributed by atoms with van der Waals surface area (Å²) >= 11 is 0. The Morgan fingerprint density at radius 3 is 2.38 bits per heavy atom. The number of para-hydroxylation sites is 1. The van der Waals surface area contributed by atoms with Gasteiger partial charge in [-0.15, -0.1) is 0 Å². The fourth-order valence-electron chi connectivity index (χ4n) is 2.91. The lowest BCUT2D eigenvalue weighted by atomic mass is 10.2. The van der Waals surface area contributed by atoms with Crippen LogP contribution in [-0.2, 0) is 11.2 Å². The van der Waals surface area contributed by atoms with Gasteiger partial charge in [0, 0.05) is 30.7 Å². The van der Waals surface area contributed by atoms with Crippen LogP contribution >= 0.6 is 0 Å². The minimum Gasteiger partial charge on any atom is -0.372 e. The maximum absolute atomic E-state index is 12.3. The average Bonchev–Trinajstić information content (AvgIpc) is 3.13. The Bertz CT molecular complexity index is 836. The summed E-state index contributed by atoms with van der Waals surface area (Å²) in [5.41, 5.74) is 3.83. The standard InChI is InChI=1S/C21H24N4O/c1-3-24(4-2)19-12-10-18(11-13-19)23-21(26)14-17-15-22-25(16-17)20-8-6-5-7-9-20/h5-13,15-16H,3-4,14H2,1-2H3,(H,23,26). The number of hydrogen-bond donors (Lipinski definition) is 1. The molecule has 5 heteroatoms. The van der Waals surface area contributed by atoms with E-state index in [1.54, 1.807) is 10.9 Å². The number of rotatable bonds is 7. The molecule has 0 fully saturated rings. The third kappa shape index (κ3) is 4.30. The summed E-state index contributed by atoms with van der Waals surface area (Å²) in [6.07, 6.45) is 3.92. The third-order valence-corrected chi connectivity index (χ3v) is 4.30. The lowest BCUT2D eigenvalue weighted by molar-refractivity contribution is -0.115. The van der Waals surface area contributed by atoms with E-state index in [-0.39, 0.29) is 5.91 Å². The second-order valence-electron chi connectivity index (χ2n) is 6.07. The quantitative estimate of drug-likeness (QED) is 0.704. The van der Waals surface area contributed by atoms with Crippen LogP contribution in [0.5, 0.6) is 0 Å². The summed E-state index contributed by atoms with van der Waals surface area (Å²) in [4.78, 5) is 14.6. The van der Waals surface area contributed by atoms with Crippen molar-refractivity contribution < 1.29 is 4.79 Å². The van der Waals surface area contributed by atoms with Crippen molar-refractivity contribution in [3.05, 3.63) is 72.6 Å². The molecule has 0 aliphatic rings. The molecule has 2 aromatic carbocycles. The number of nitrogens with one attached hydrogen (secondary N) is 1. The van der Waals surface area contributed by atoms with Crippen molar-refractivity contribution in [2.24, 2.45) is 0 Å². The second-order valence-corrected chi connectivity index (χ2v) is 6.07. The highest BCUT2D eigenvalue weighted by molar-refractivity contribution is 5.92. The molecule has 0 atom stereocenters. The Labute approximate surface area is 154 Å². The van der Waals surface area contributed by atoms with E-state index in [1.165, 1.54) is 0 Å². The highest BCUT2D eigenvalue weighted by Crippen LogP contribution is 2.18. The zero-order chi connectivity index (χ0) is 18.4. The van der Waals surface area contributed by atoms with Gasteiger partial charge in [-0.05, 0) is 55.8 Å². The molecule has 1 aromatic heterocycles. The first-order valence-electron chi connectivity index (χ1n) is 8.93. The molecule has 26 heavy (non-hydrogen) atoms. The number of carbonyl (C=O) groups is 1. The number of anilines is 2. The zero-order valence-corrected chi connectivity index (χ0v) is 15.2. The maximum Gasteiger partial charge on any atom is 0.228 e. The first-order valence-corrected chi connectivity index (χ1v) is 8.93. The summed E-state index contributed by atoms with van der Waals surface area (Å²) in [7, 11) is 0. The minimum absolute atomic E-state index is 0.0480.